The third kappa shape index (κ3) is 3.57. The lowest BCUT2D eigenvalue weighted by molar-refractivity contribution is -0.129. The molecule has 4 aliphatic rings. The Morgan fingerprint density at radius 3 is 2.74 bits per heavy atom. The van der Waals surface area contributed by atoms with E-state index < -0.39 is 0 Å². The van der Waals surface area contributed by atoms with Gasteiger partial charge < -0.3 is 10.7 Å². The molecule has 4 N–H and O–H groups in total. The number of nitrogens with two attached hydrogens (primary N) is 2. The van der Waals surface area contributed by atoms with Crippen LogP contribution in [0.1, 0.15) is 71.6 Å². The molecular formula is C26H40N4O. The van der Waals surface area contributed by atoms with Crippen molar-refractivity contribution in [1.82, 2.24) is 4.98 Å². The van der Waals surface area contributed by atoms with E-state index in [4.69, 9.17) is 11.6 Å². The van der Waals surface area contributed by atoms with Crippen molar-refractivity contribution >= 4 is 17.2 Å². The summed E-state index contributed by atoms with van der Waals surface area (Å²) >= 11 is 0. The van der Waals surface area contributed by atoms with Crippen LogP contribution in [0.2, 0.25) is 0 Å². The number of ketones is 1. The summed E-state index contributed by atoms with van der Waals surface area (Å²) in [5, 5.41) is 1.52. The average Bonchev–Trinajstić information content (AvgIpc) is 3.11. The first-order valence-corrected chi connectivity index (χ1v) is 12.6. The second-order valence-corrected chi connectivity index (χ2v) is 11.6. The van der Waals surface area contributed by atoms with Gasteiger partial charge in [0.2, 0.25) is 0 Å². The molecule has 0 radical (unpaired) electrons. The number of hydrogen-bond donors (Lipinski definition) is 2. The highest BCUT2D eigenvalue weighted by Gasteiger charge is 2.58. The SMILES string of the molecule is CC1CCC2C(CCC3C2CCC2(C)C(C(=O)CN(N)c4ccncc4N)CCC32)C1. The summed E-state index contributed by atoms with van der Waals surface area (Å²) in [6.07, 6.45) is 15.3. The molecule has 8 unspecified atom stereocenters. The Bertz CT molecular complexity index is 827. The van der Waals surface area contributed by atoms with Gasteiger partial charge in [-0.25, -0.2) is 5.84 Å². The molecule has 5 rings (SSSR count). The molecule has 0 spiro atoms. The monoisotopic (exact) mass is 424 g/mol. The van der Waals surface area contributed by atoms with Gasteiger partial charge in [-0.15, -0.1) is 0 Å². The van der Waals surface area contributed by atoms with Crippen molar-refractivity contribution in [2.45, 2.75) is 71.6 Å². The number of nitrogen functional groups attached to an aromatic ring is 1. The molecule has 0 bridgehead atoms. The van der Waals surface area contributed by atoms with Gasteiger partial charge in [-0.3, -0.25) is 9.78 Å². The minimum atomic E-state index is 0.136. The maximum Gasteiger partial charge on any atom is 0.157 e. The first-order valence-electron chi connectivity index (χ1n) is 12.6. The lowest BCUT2D eigenvalue weighted by atomic mass is 9.49. The Morgan fingerprint density at radius 1 is 1.13 bits per heavy atom. The van der Waals surface area contributed by atoms with Gasteiger partial charge in [0.15, 0.2) is 5.78 Å². The fraction of sp³-hybridized carbons (Fsp3) is 0.769. The number of Topliss-reactive ketones (excluding diaryl/α,β-unsaturated/α-hetero) is 1. The molecule has 1 aromatic rings. The van der Waals surface area contributed by atoms with Gasteiger partial charge in [-0.05, 0) is 98.4 Å². The first kappa shape index (κ1) is 21.2. The maximum atomic E-state index is 13.4. The van der Waals surface area contributed by atoms with Gasteiger partial charge in [-0.1, -0.05) is 20.3 Å². The predicted octanol–water partition coefficient (Wildman–Crippen LogP) is 4.82. The number of hydrazine groups is 1. The van der Waals surface area contributed by atoms with Crippen LogP contribution in [0.25, 0.3) is 0 Å². The van der Waals surface area contributed by atoms with Crippen LogP contribution in [-0.2, 0) is 4.79 Å². The summed E-state index contributed by atoms with van der Waals surface area (Å²) in [5.74, 6) is 12.0. The highest BCUT2D eigenvalue weighted by Crippen LogP contribution is 2.64. The molecular weight excluding hydrogens is 384 g/mol. The lowest BCUT2D eigenvalue weighted by Gasteiger charge is -2.56. The summed E-state index contributed by atoms with van der Waals surface area (Å²) in [4.78, 5) is 17.5. The third-order valence-electron chi connectivity index (χ3n) is 10.1. The average molecular weight is 425 g/mol. The van der Waals surface area contributed by atoms with Crippen LogP contribution >= 0.6 is 0 Å². The van der Waals surface area contributed by atoms with E-state index in [1.807, 2.05) is 0 Å². The highest BCUT2D eigenvalue weighted by atomic mass is 16.1. The molecule has 0 saturated heterocycles. The molecule has 4 aliphatic carbocycles. The minimum absolute atomic E-state index is 0.136. The van der Waals surface area contributed by atoms with Crippen LogP contribution in [0.15, 0.2) is 18.5 Å². The number of carbonyl (C=O) groups excluding carboxylic acids is 1. The lowest BCUT2D eigenvalue weighted by Crippen LogP contribution is -2.50. The number of rotatable bonds is 4. The van der Waals surface area contributed by atoms with Crippen molar-refractivity contribution in [3.8, 4) is 0 Å². The Balaban J connectivity index is 1.29. The standard InChI is InChI=1S/C26H40N4O/c1-16-3-5-18-17(13-16)4-6-20-19(18)9-11-26(2)21(20)7-8-22(26)25(31)15-30(28)24-10-12-29-14-23(24)27/h10,12,14,16-22H,3-9,11,13,15,27-28H2,1-2H3. The van der Waals surface area contributed by atoms with E-state index in [2.05, 4.69) is 18.8 Å². The van der Waals surface area contributed by atoms with Crippen molar-refractivity contribution in [1.29, 1.82) is 0 Å². The van der Waals surface area contributed by atoms with Crippen LogP contribution in [0.3, 0.4) is 0 Å². The van der Waals surface area contributed by atoms with Crippen molar-refractivity contribution in [3.05, 3.63) is 18.5 Å². The number of hydrogen-bond acceptors (Lipinski definition) is 5. The van der Waals surface area contributed by atoms with Gasteiger partial charge in [0.05, 0.1) is 24.1 Å². The molecule has 31 heavy (non-hydrogen) atoms. The highest BCUT2D eigenvalue weighted by molar-refractivity contribution is 5.87. The normalized spacial score (nSPS) is 41.7. The molecule has 0 amide bonds. The second kappa shape index (κ2) is 8.06. The molecule has 5 nitrogen and oxygen atoms in total. The number of aromatic nitrogens is 1. The number of pyridine rings is 1. The summed E-state index contributed by atoms with van der Waals surface area (Å²) in [5.41, 5.74) is 7.39. The van der Waals surface area contributed by atoms with Crippen LogP contribution in [0.4, 0.5) is 11.4 Å². The topological polar surface area (TPSA) is 85.2 Å². The molecule has 4 saturated carbocycles. The van der Waals surface area contributed by atoms with Crippen molar-refractivity contribution in [2.75, 3.05) is 17.3 Å². The number of fused-ring (bicyclic) bond motifs is 5. The van der Waals surface area contributed by atoms with Crippen molar-refractivity contribution in [3.63, 3.8) is 0 Å². The van der Waals surface area contributed by atoms with Gasteiger partial charge in [0, 0.05) is 12.1 Å². The zero-order valence-electron chi connectivity index (χ0n) is 19.3. The predicted molar refractivity (Wildman–Crippen MR) is 125 cm³/mol. The smallest absolute Gasteiger partial charge is 0.157 e. The summed E-state index contributed by atoms with van der Waals surface area (Å²) in [6.45, 7) is 5.12. The molecule has 8 atom stereocenters. The first-order chi connectivity index (χ1) is 14.9. The van der Waals surface area contributed by atoms with Gasteiger partial charge in [0.1, 0.15) is 0 Å². The molecule has 170 valence electrons. The van der Waals surface area contributed by atoms with E-state index >= 15 is 0 Å². The van der Waals surface area contributed by atoms with E-state index in [-0.39, 0.29) is 17.9 Å². The van der Waals surface area contributed by atoms with Crippen molar-refractivity contribution < 1.29 is 4.79 Å². The Hall–Kier alpha value is -1.62. The number of carbonyl (C=O) groups is 1. The van der Waals surface area contributed by atoms with Crippen LogP contribution in [0.5, 0.6) is 0 Å². The second-order valence-electron chi connectivity index (χ2n) is 11.6. The van der Waals surface area contributed by atoms with E-state index in [1.54, 1.807) is 18.5 Å². The minimum Gasteiger partial charge on any atom is -0.396 e. The number of nitrogens with zero attached hydrogens (tertiary/aromatic N) is 2. The van der Waals surface area contributed by atoms with Crippen LogP contribution in [-0.4, -0.2) is 17.3 Å². The van der Waals surface area contributed by atoms with Crippen LogP contribution in [0, 0.1) is 46.8 Å². The molecule has 4 fully saturated rings. The summed E-state index contributed by atoms with van der Waals surface area (Å²) in [7, 11) is 0. The molecule has 5 heteroatoms. The van der Waals surface area contributed by atoms with Gasteiger partial charge >= 0.3 is 0 Å². The zero-order valence-corrected chi connectivity index (χ0v) is 19.3. The third-order valence-corrected chi connectivity index (χ3v) is 10.1. The Labute approximate surface area is 187 Å². The fourth-order valence-corrected chi connectivity index (χ4v) is 8.64. The van der Waals surface area contributed by atoms with Gasteiger partial charge in [-0.2, -0.15) is 0 Å². The fourth-order valence-electron chi connectivity index (χ4n) is 8.64. The van der Waals surface area contributed by atoms with Gasteiger partial charge in [0.25, 0.3) is 0 Å². The maximum absolute atomic E-state index is 13.4. The quantitative estimate of drug-likeness (QED) is 0.535. The van der Waals surface area contributed by atoms with E-state index in [1.165, 1.54) is 56.4 Å². The molecule has 1 aromatic heterocycles. The van der Waals surface area contributed by atoms with E-state index in [0.717, 1.165) is 41.9 Å². The van der Waals surface area contributed by atoms with Crippen molar-refractivity contribution in [2.24, 2.45) is 52.7 Å². The Kier molecular flexibility index (Phi) is 5.52. The van der Waals surface area contributed by atoms with Crippen LogP contribution < -0.4 is 16.6 Å². The molecule has 1 heterocycles. The summed E-state index contributed by atoms with van der Waals surface area (Å²) in [6, 6.07) is 1.79. The molecule has 0 aliphatic heterocycles. The van der Waals surface area contributed by atoms with E-state index in [9.17, 15) is 4.79 Å². The largest absolute Gasteiger partial charge is 0.396 e. The number of anilines is 2. The summed E-state index contributed by atoms with van der Waals surface area (Å²) < 4.78 is 0. The van der Waals surface area contributed by atoms with E-state index in [0.29, 0.717) is 17.2 Å². The molecule has 0 aromatic carbocycles. The Morgan fingerprint density at radius 2 is 1.94 bits per heavy atom. The zero-order chi connectivity index (χ0) is 21.8.